The highest BCUT2D eigenvalue weighted by molar-refractivity contribution is 5.20. The van der Waals surface area contributed by atoms with Crippen molar-refractivity contribution in [2.75, 3.05) is 32.9 Å². The summed E-state index contributed by atoms with van der Waals surface area (Å²) in [5.41, 5.74) is 0.608. The lowest BCUT2D eigenvalue weighted by Crippen LogP contribution is -2.37. The van der Waals surface area contributed by atoms with E-state index in [0.29, 0.717) is 13.1 Å². The minimum atomic E-state index is -0.318. The zero-order chi connectivity index (χ0) is 14.7. The van der Waals surface area contributed by atoms with E-state index in [9.17, 15) is 9.90 Å². The second-order valence-corrected chi connectivity index (χ2v) is 5.69. The van der Waals surface area contributed by atoms with Crippen LogP contribution in [0, 0.1) is 0 Å². The second-order valence-electron chi connectivity index (χ2n) is 5.69. The van der Waals surface area contributed by atoms with E-state index in [1.165, 1.54) is 0 Å². The first kappa shape index (κ1) is 14.6. The Balaban J connectivity index is 1.78. The molecule has 3 heterocycles. The number of aromatic nitrogens is 1. The first-order valence-corrected chi connectivity index (χ1v) is 7.56. The summed E-state index contributed by atoms with van der Waals surface area (Å²) in [4.78, 5) is 14.0. The first-order chi connectivity index (χ1) is 10.2. The molecule has 1 unspecified atom stereocenters. The Morgan fingerprint density at radius 1 is 1.29 bits per heavy atom. The standard InChI is InChI=1S/C15H22N2O4/c18-14-8-12(9-16-3-6-20-7-4-16)17(11-15(14)19)10-13-2-1-5-21-13/h8,11,13,19H,1-7,9-10H2. The quantitative estimate of drug-likeness (QED) is 0.879. The molecule has 0 saturated carbocycles. The van der Waals surface area contributed by atoms with Crippen molar-refractivity contribution in [2.24, 2.45) is 0 Å². The first-order valence-electron chi connectivity index (χ1n) is 7.56. The topological polar surface area (TPSA) is 63.9 Å². The number of nitrogens with zero attached hydrogens (tertiary/aromatic N) is 2. The molecule has 0 amide bonds. The lowest BCUT2D eigenvalue weighted by Gasteiger charge is -2.28. The Labute approximate surface area is 123 Å². The molecule has 0 radical (unpaired) electrons. The normalized spacial score (nSPS) is 23.5. The summed E-state index contributed by atoms with van der Waals surface area (Å²) in [6.07, 6.45) is 3.83. The van der Waals surface area contributed by atoms with Gasteiger partial charge in [0.1, 0.15) is 0 Å². The van der Waals surface area contributed by atoms with Crippen LogP contribution in [-0.4, -0.2) is 53.6 Å². The SMILES string of the molecule is O=c1cc(CN2CCOCC2)n(CC2CCCO2)cc1O. The zero-order valence-corrected chi connectivity index (χ0v) is 12.2. The van der Waals surface area contributed by atoms with E-state index < -0.39 is 0 Å². The maximum atomic E-state index is 11.7. The fourth-order valence-corrected chi connectivity index (χ4v) is 2.90. The van der Waals surface area contributed by atoms with Crippen LogP contribution >= 0.6 is 0 Å². The third-order valence-corrected chi connectivity index (χ3v) is 4.11. The number of hydrogen-bond acceptors (Lipinski definition) is 5. The molecular formula is C15H22N2O4. The van der Waals surface area contributed by atoms with Gasteiger partial charge in [0.2, 0.25) is 5.43 Å². The van der Waals surface area contributed by atoms with E-state index >= 15 is 0 Å². The molecule has 3 rings (SSSR count). The third kappa shape index (κ3) is 3.64. The van der Waals surface area contributed by atoms with Gasteiger partial charge in [-0.2, -0.15) is 0 Å². The van der Waals surface area contributed by atoms with Crippen LogP contribution in [0.25, 0.3) is 0 Å². The van der Waals surface area contributed by atoms with E-state index in [-0.39, 0.29) is 17.3 Å². The van der Waals surface area contributed by atoms with Gasteiger partial charge < -0.3 is 19.1 Å². The molecule has 1 atom stereocenters. The summed E-state index contributed by atoms with van der Waals surface area (Å²) in [6.45, 7) is 5.39. The van der Waals surface area contributed by atoms with Crippen molar-refractivity contribution in [1.82, 2.24) is 9.47 Å². The number of rotatable bonds is 4. The average molecular weight is 294 g/mol. The molecular weight excluding hydrogens is 272 g/mol. The van der Waals surface area contributed by atoms with Gasteiger partial charge in [0.15, 0.2) is 5.75 Å². The van der Waals surface area contributed by atoms with Gasteiger partial charge in [-0.3, -0.25) is 9.69 Å². The lowest BCUT2D eigenvalue weighted by molar-refractivity contribution is 0.0324. The third-order valence-electron chi connectivity index (χ3n) is 4.11. The van der Waals surface area contributed by atoms with Crippen molar-refractivity contribution in [3.63, 3.8) is 0 Å². The molecule has 0 aliphatic carbocycles. The highest BCUT2D eigenvalue weighted by Crippen LogP contribution is 2.17. The van der Waals surface area contributed by atoms with Crippen molar-refractivity contribution < 1.29 is 14.6 Å². The highest BCUT2D eigenvalue weighted by Gasteiger charge is 2.19. The summed E-state index contributed by atoms with van der Waals surface area (Å²) in [5, 5.41) is 9.70. The molecule has 0 bridgehead atoms. The number of hydrogen-bond donors (Lipinski definition) is 1. The van der Waals surface area contributed by atoms with E-state index in [1.54, 1.807) is 12.3 Å². The summed E-state index contributed by atoms with van der Waals surface area (Å²) in [5.74, 6) is -0.196. The summed E-state index contributed by atoms with van der Waals surface area (Å²) in [7, 11) is 0. The highest BCUT2D eigenvalue weighted by atomic mass is 16.5. The number of pyridine rings is 1. The molecule has 1 aromatic heterocycles. The van der Waals surface area contributed by atoms with Crippen LogP contribution in [0.1, 0.15) is 18.5 Å². The lowest BCUT2D eigenvalue weighted by atomic mass is 10.2. The molecule has 2 aliphatic heterocycles. The average Bonchev–Trinajstić information content (AvgIpc) is 2.98. The van der Waals surface area contributed by atoms with E-state index in [2.05, 4.69) is 4.90 Å². The maximum absolute atomic E-state index is 11.7. The fraction of sp³-hybridized carbons (Fsp3) is 0.667. The molecule has 0 spiro atoms. The van der Waals surface area contributed by atoms with Crippen LogP contribution in [0.2, 0.25) is 0 Å². The molecule has 2 aliphatic rings. The second kappa shape index (κ2) is 6.60. The van der Waals surface area contributed by atoms with Gasteiger partial charge in [-0.05, 0) is 12.8 Å². The Kier molecular flexibility index (Phi) is 4.57. The van der Waals surface area contributed by atoms with Gasteiger partial charge in [0.25, 0.3) is 0 Å². The van der Waals surface area contributed by atoms with Gasteiger partial charge in [-0.1, -0.05) is 0 Å². The van der Waals surface area contributed by atoms with Crippen LogP contribution < -0.4 is 5.43 Å². The van der Waals surface area contributed by atoms with Gasteiger partial charge >= 0.3 is 0 Å². The molecule has 2 fully saturated rings. The maximum Gasteiger partial charge on any atom is 0.223 e. The molecule has 0 aromatic carbocycles. The Morgan fingerprint density at radius 2 is 2.10 bits per heavy atom. The van der Waals surface area contributed by atoms with E-state index in [1.807, 2.05) is 4.57 Å². The molecule has 21 heavy (non-hydrogen) atoms. The van der Waals surface area contributed by atoms with E-state index in [0.717, 1.165) is 51.4 Å². The molecule has 6 nitrogen and oxygen atoms in total. The number of morpholine rings is 1. The summed E-state index contributed by atoms with van der Waals surface area (Å²) in [6, 6.07) is 1.54. The Morgan fingerprint density at radius 3 is 2.81 bits per heavy atom. The van der Waals surface area contributed by atoms with Crippen molar-refractivity contribution in [3.05, 3.63) is 28.2 Å². The Bertz CT molecular complexity index is 531. The van der Waals surface area contributed by atoms with Crippen LogP contribution in [0.4, 0.5) is 0 Å². The van der Waals surface area contributed by atoms with Gasteiger partial charge in [0.05, 0.1) is 25.5 Å². The van der Waals surface area contributed by atoms with Gasteiger partial charge in [-0.15, -0.1) is 0 Å². The summed E-state index contributed by atoms with van der Waals surface area (Å²) >= 11 is 0. The minimum absolute atomic E-state index is 0.176. The van der Waals surface area contributed by atoms with Crippen molar-refractivity contribution in [3.8, 4) is 5.75 Å². The largest absolute Gasteiger partial charge is 0.503 e. The van der Waals surface area contributed by atoms with Crippen molar-refractivity contribution >= 4 is 0 Å². The van der Waals surface area contributed by atoms with Crippen molar-refractivity contribution in [2.45, 2.75) is 32.0 Å². The van der Waals surface area contributed by atoms with Crippen LogP contribution in [-0.2, 0) is 22.6 Å². The predicted molar refractivity (Wildman–Crippen MR) is 77.4 cm³/mol. The predicted octanol–water partition coefficient (Wildman–Crippen LogP) is 0.565. The van der Waals surface area contributed by atoms with Crippen molar-refractivity contribution in [1.29, 1.82) is 0 Å². The zero-order valence-electron chi connectivity index (χ0n) is 12.2. The van der Waals surface area contributed by atoms with Gasteiger partial charge in [-0.25, -0.2) is 0 Å². The fourth-order valence-electron chi connectivity index (χ4n) is 2.90. The molecule has 6 heteroatoms. The monoisotopic (exact) mass is 294 g/mol. The number of ether oxygens (including phenoxy) is 2. The number of aromatic hydroxyl groups is 1. The van der Waals surface area contributed by atoms with E-state index in [4.69, 9.17) is 9.47 Å². The summed E-state index contributed by atoms with van der Waals surface area (Å²) < 4.78 is 13.0. The minimum Gasteiger partial charge on any atom is -0.503 e. The van der Waals surface area contributed by atoms with Crippen LogP contribution in [0.5, 0.6) is 5.75 Å². The Hall–Kier alpha value is -1.37. The van der Waals surface area contributed by atoms with Gasteiger partial charge in [0, 0.05) is 44.5 Å². The van der Waals surface area contributed by atoms with Crippen LogP contribution in [0.15, 0.2) is 17.1 Å². The molecule has 116 valence electrons. The molecule has 1 N–H and O–H groups in total. The smallest absolute Gasteiger partial charge is 0.223 e. The van der Waals surface area contributed by atoms with Crippen LogP contribution in [0.3, 0.4) is 0 Å². The molecule has 1 aromatic rings. The molecule has 2 saturated heterocycles.